The Balaban J connectivity index is 1.18. The second kappa shape index (κ2) is 18.9. The summed E-state index contributed by atoms with van der Waals surface area (Å²) in [6.07, 6.45) is 16.5. The number of anilines is 1. The van der Waals surface area contributed by atoms with Crippen molar-refractivity contribution in [2.45, 2.75) is 77.6 Å². The van der Waals surface area contributed by atoms with E-state index in [1.807, 2.05) is 6.07 Å². The van der Waals surface area contributed by atoms with Gasteiger partial charge in [-0.25, -0.2) is 19.6 Å². The zero-order chi connectivity index (χ0) is 37.9. The number of thiazole rings is 1. The van der Waals surface area contributed by atoms with E-state index in [2.05, 4.69) is 58.0 Å². The summed E-state index contributed by atoms with van der Waals surface area (Å²) in [5, 5.41) is 7.44. The van der Waals surface area contributed by atoms with Crippen LogP contribution >= 0.6 is 22.9 Å². The van der Waals surface area contributed by atoms with Gasteiger partial charge in [-0.1, -0.05) is 81.2 Å². The third-order valence-corrected chi connectivity index (χ3v) is 11.0. The summed E-state index contributed by atoms with van der Waals surface area (Å²) in [6.45, 7) is 8.55. The predicted octanol–water partition coefficient (Wildman–Crippen LogP) is 10.5. The largest absolute Gasteiger partial charge is 0.493 e. The topological polar surface area (TPSA) is 125 Å². The maximum absolute atomic E-state index is 13.4. The van der Waals surface area contributed by atoms with Crippen LogP contribution in [-0.4, -0.2) is 46.3 Å². The first-order valence-corrected chi connectivity index (χ1v) is 19.8. The molecule has 54 heavy (non-hydrogen) atoms. The number of nitrogens with one attached hydrogen (secondary N) is 1. The Bertz CT molecular complexity index is 2060. The number of hydrogen-bond acceptors (Lipinski definition) is 11. The number of hydrogen-bond donors (Lipinski definition) is 1. The quantitative estimate of drug-likeness (QED) is 0.0246. The van der Waals surface area contributed by atoms with Gasteiger partial charge in [-0.05, 0) is 90.8 Å². The van der Waals surface area contributed by atoms with Gasteiger partial charge >= 0.3 is 11.9 Å². The lowest BCUT2D eigenvalue weighted by Crippen LogP contribution is -2.14. The van der Waals surface area contributed by atoms with Crippen molar-refractivity contribution in [1.29, 1.82) is 0 Å². The molecule has 1 fully saturated rings. The Kier molecular flexibility index (Phi) is 13.6. The summed E-state index contributed by atoms with van der Waals surface area (Å²) in [5.74, 6) is 1.89. The molecule has 0 saturated heterocycles. The summed E-state index contributed by atoms with van der Waals surface area (Å²) >= 11 is 8.54. The van der Waals surface area contributed by atoms with Crippen LogP contribution in [0.4, 0.5) is 5.13 Å². The molecule has 0 amide bonds. The molecule has 0 aliphatic heterocycles. The third-order valence-electron chi connectivity index (χ3n) is 9.76. The molecule has 2 heterocycles. The van der Waals surface area contributed by atoms with Crippen molar-refractivity contribution in [2.24, 2.45) is 16.9 Å². The summed E-state index contributed by atoms with van der Waals surface area (Å²) in [6, 6.07) is 14.6. The normalized spacial score (nSPS) is 15.9. The highest BCUT2D eigenvalue weighted by Gasteiger charge is 2.25. The lowest BCUT2D eigenvalue weighted by molar-refractivity contribution is -0.137. The molecule has 6 rings (SSSR count). The molecule has 0 atom stereocenters. The van der Waals surface area contributed by atoms with Crippen LogP contribution in [0.5, 0.6) is 11.5 Å². The first kappa shape index (κ1) is 38.8. The van der Waals surface area contributed by atoms with Crippen LogP contribution < -0.4 is 14.9 Å². The SMILES string of the molecule is C=CC(=O)OCCCOc1ccc(C(=O)Oc2ccc3c(Cl)c(C4CCC(CCCCC(C)C)CC4)ccc3c2/C=N/Nc2nc3nccnc3s2)cc1. The molecule has 5 aromatic rings. The minimum atomic E-state index is -0.535. The van der Waals surface area contributed by atoms with E-state index >= 15 is 0 Å². The maximum Gasteiger partial charge on any atom is 0.343 e. The van der Waals surface area contributed by atoms with Crippen LogP contribution in [0.15, 0.2) is 78.7 Å². The summed E-state index contributed by atoms with van der Waals surface area (Å²) in [7, 11) is 0. The first-order chi connectivity index (χ1) is 26.3. The second-order valence-corrected chi connectivity index (χ2v) is 15.4. The Hall–Kier alpha value is -4.87. The van der Waals surface area contributed by atoms with Gasteiger partial charge in [-0.2, -0.15) is 10.1 Å². The highest BCUT2D eigenvalue weighted by Crippen LogP contribution is 2.43. The minimum Gasteiger partial charge on any atom is -0.493 e. The van der Waals surface area contributed by atoms with E-state index in [9.17, 15) is 9.59 Å². The number of ether oxygens (including phenoxy) is 3. The lowest BCUT2D eigenvalue weighted by atomic mass is 9.76. The molecular formula is C42H46ClN5O5S. The van der Waals surface area contributed by atoms with Crippen molar-refractivity contribution in [2.75, 3.05) is 18.6 Å². The lowest BCUT2D eigenvalue weighted by Gasteiger charge is -2.30. The Labute approximate surface area is 325 Å². The minimum absolute atomic E-state index is 0.226. The molecule has 10 nitrogen and oxygen atoms in total. The zero-order valence-electron chi connectivity index (χ0n) is 30.8. The zero-order valence-corrected chi connectivity index (χ0v) is 32.3. The van der Waals surface area contributed by atoms with Gasteiger partial charge < -0.3 is 14.2 Å². The predicted molar refractivity (Wildman–Crippen MR) is 216 cm³/mol. The van der Waals surface area contributed by atoms with Crippen molar-refractivity contribution >= 4 is 67.5 Å². The van der Waals surface area contributed by atoms with Crippen LogP contribution in [0.1, 0.15) is 99.0 Å². The average molecular weight is 768 g/mol. The second-order valence-electron chi connectivity index (χ2n) is 14.0. The number of hydrazone groups is 1. The van der Waals surface area contributed by atoms with Crippen LogP contribution in [0.2, 0.25) is 5.02 Å². The molecule has 0 unspecified atom stereocenters. The highest BCUT2D eigenvalue weighted by atomic mass is 35.5. The molecule has 2 aromatic heterocycles. The molecular weight excluding hydrogens is 722 g/mol. The van der Waals surface area contributed by atoms with Crippen molar-refractivity contribution in [3.05, 3.63) is 95.3 Å². The number of benzene rings is 3. The van der Waals surface area contributed by atoms with Crippen LogP contribution in [0.25, 0.3) is 21.3 Å². The Morgan fingerprint density at radius 2 is 1.76 bits per heavy atom. The summed E-state index contributed by atoms with van der Waals surface area (Å²) < 4.78 is 16.7. The van der Waals surface area contributed by atoms with E-state index < -0.39 is 11.9 Å². The van der Waals surface area contributed by atoms with Gasteiger partial charge in [-0.3, -0.25) is 5.43 Å². The van der Waals surface area contributed by atoms with Gasteiger partial charge in [0.15, 0.2) is 10.5 Å². The van der Waals surface area contributed by atoms with Gasteiger partial charge in [0, 0.05) is 35.8 Å². The third kappa shape index (κ3) is 10.2. The smallest absolute Gasteiger partial charge is 0.343 e. The summed E-state index contributed by atoms with van der Waals surface area (Å²) in [5.41, 5.74) is 5.63. The highest BCUT2D eigenvalue weighted by molar-refractivity contribution is 7.21. The van der Waals surface area contributed by atoms with Crippen molar-refractivity contribution in [3.63, 3.8) is 0 Å². The van der Waals surface area contributed by atoms with E-state index in [1.165, 1.54) is 55.4 Å². The Morgan fingerprint density at radius 3 is 2.52 bits per heavy atom. The van der Waals surface area contributed by atoms with E-state index in [1.54, 1.807) is 48.9 Å². The van der Waals surface area contributed by atoms with E-state index in [0.717, 1.165) is 46.5 Å². The molecule has 1 saturated carbocycles. The van der Waals surface area contributed by atoms with Crippen LogP contribution in [-0.2, 0) is 9.53 Å². The fourth-order valence-corrected chi connectivity index (χ4v) is 7.98. The van der Waals surface area contributed by atoms with Gasteiger partial charge in [0.05, 0.1) is 30.0 Å². The molecule has 3 aromatic carbocycles. The fourth-order valence-electron chi connectivity index (χ4n) is 6.88. The van der Waals surface area contributed by atoms with Crippen molar-refractivity contribution in [1.82, 2.24) is 15.0 Å². The molecule has 1 aliphatic carbocycles. The molecule has 1 aliphatic rings. The summed E-state index contributed by atoms with van der Waals surface area (Å²) in [4.78, 5) is 38.3. The molecule has 1 N–H and O–H groups in total. The number of carbonyl (C=O) groups is 2. The van der Waals surface area contributed by atoms with E-state index in [0.29, 0.717) is 57.2 Å². The maximum atomic E-state index is 13.4. The van der Waals surface area contributed by atoms with Crippen molar-refractivity contribution < 1.29 is 23.8 Å². The van der Waals surface area contributed by atoms with Gasteiger partial charge in [0.1, 0.15) is 11.5 Å². The van der Waals surface area contributed by atoms with Crippen LogP contribution in [0, 0.1) is 11.8 Å². The molecule has 0 bridgehead atoms. The number of aromatic nitrogens is 3. The number of rotatable bonds is 17. The standard InChI is InChI=1S/C42H46ClN5O5S/c1-4-37(49)52-25-7-24-51-31-16-14-30(15-17-31)41(50)53-36-21-20-34-33(35(36)26-46-48-42-47-39-40(54-42)45-23-22-44-39)19-18-32(38(34)43)29-12-10-28(11-13-29)9-6-5-8-27(2)3/h4,14-23,26-29H,1,5-13,24-25H2,2-3H3,(H,44,47,48)/b46-26+. The van der Waals surface area contributed by atoms with Gasteiger partial charge in [0.25, 0.3) is 0 Å². The molecule has 12 heteroatoms. The number of halogens is 1. The molecule has 0 spiro atoms. The Morgan fingerprint density at radius 1 is 0.981 bits per heavy atom. The van der Waals surface area contributed by atoms with Crippen LogP contribution in [0.3, 0.4) is 0 Å². The number of esters is 2. The number of carbonyl (C=O) groups excluding carboxylic acids is 2. The monoisotopic (exact) mass is 767 g/mol. The van der Waals surface area contributed by atoms with Gasteiger partial charge in [-0.15, -0.1) is 0 Å². The molecule has 282 valence electrons. The molecule has 0 radical (unpaired) electrons. The van der Waals surface area contributed by atoms with E-state index in [4.69, 9.17) is 25.8 Å². The number of nitrogens with zero attached hydrogens (tertiary/aromatic N) is 4. The van der Waals surface area contributed by atoms with Crippen molar-refractivity contribution in [3.8, 4) is 11.5 Å². The first-order valence-electron chi connectivity index (χ1n) is 18.6. The average Bonchev–Trinajstić information content (AvgIpc) is 3.60. The van der Waals surface area contributed by atoms with Gasteiger partial charge in [0.2, 0.25) is 5.13 Å². The fraction of sp³-hybridized carbons (Fsp3) is 0.381. The number of fused-ring (bicyclic) bond motifs is 2. The number of unbranched alkanes of at least 4 members (excludes halogenated alkanes) is 1. The van der Waals surface area contributed by atoms with E-state index in [-0.39, 0.29) is 6.61 Å².